The molecule has 0 aliphatic heterocycles. The van der Waals surface area contributed by atoms with Gasteiger partial charge in [0, 0.05) is 13.1 Å². The zero-order valence-electron chi connectivity index (χ0n) is 8.53. The Morgan fingerprint density at radius 3 is 2.93 bits per heavy atom. The number of anilines is 1. The van der Waals surface area contributed by atoms with Crippen LogP contribution in [0.2, 0.25) is 0 Å². The fourth-order valence-corrected chi connectivity index (χ4v) is 1.71. The summed E-state index contributed by atoms with van der Waals surface area (Å²) in [5.41, 5.74) is 0.802. The van der Waals surface area contributed by atoms with Crippen LogP contribution in [-0.4, -0.2) is 18.1 Å². The van der Waals surface area contributed by atoms with Crippen molar-refractivity contribution in [1.29, 1.82) is 0 Å². The van der Waals surface area contributed by atoms with Gasteiger partial charge in [0.05, 0.1) is 11.6 Å². The number of hydrogen-bond acceptors (Lipinski definition) is 3. The molecule has 0 aromatic carbocycles. The monoisotopic (exact) mass is 214 g/mol. The topological polar surface area (TPSA) is 29.3 Å². The van der Waals surface area contributed by atoms with Crippen molar-refractivity contribution in [3.8, 4) is 0 Å². The Hall–Kier alpha value is -0.700. The molecule has 1 saturated carbocycles. The van der Waals surface area contributed by atoms with Crippen LogP contribution in [0.25, 0.3) is 0 Å². The van der Waals surface area contributed by atoms with E-state index in [1.54, 1.807) is 6.26 Å². The second-order valence-corrected chi connectivity index (χ2v) is 4.21. The summed E-state index contributed by atoms with van der Waals surface area (Å²) < 4.78 is 5.35. The molecule has 1 aliphatic rings. The molecule has 14 heavy (non-hydrogen) atoms. The normalized spacial score (nSPS) is 18.2. The number of oxazole rings is 1. The molecule has 1 fully saturated rings. The van der Waals surface area contributed by atoms with Crippen molar-refractivity contribution in [2.45, 2.75) is 31.7 Å². The Balaban J connectivity index is 2.05. The smallest absolute Gasteiger partial charge is 0.297 e. The third kappa shape index (κ3) is 1.87. The minimum absolute atomic E-state index is 0.412. The average Bonchev–Trinajstić information content (AvgIpc) is 2.94. The summed E-state index contributed by atoms with van der Waals surface area (Å²) >= 11 is 5.66. The lowest BCUT2D eigenvalue weighted by atomic mass is 10.2. The minimum atomic E-state index is 0.412. The van der Waals surface area contributed by atoms with Gasteiger partial charge in [0.25, 0.3) is 6.01 Å². The Morgan fingerprint density at radius 1 is 1.71 bits per heavy atom. The van der Waals surface area contributed by atoms with Gasteiger partial charge in [-0.05, 0) is 25.7 Å². The lowest BCUT2D eigenvalue weighted by molar-refractivity contribution is 0.501. The van der Waals surface area contributed by atoms with E-state index in [1.807, 2.05) is 7.05 Å². The summed E-state index contributed by atoms with van der Waals surface area (Å²) in [6.07, 6.45) is 4.28. The highest BCUT2D eigenvalue weighted by Gasteiger charge is 2.32. The summed E-state index contributed by atoms with van der Waals surface area (Å²) in [6, 6.07) is 1.19. The first-order valence-corrected chi connectivity index (χ1v) is 5.49. The average molecular weight is 215 g/mol. The highest BCUT2D eigenvalue weighted by Crippen LogP contribution is 2.35. The number of hydrogen-bond donors (Lipinski definition) is 0. The second-order valence-electron chi connectivity index (χ2n) is 3.94. The van der Waals surface area contributed by atoms with E-state index in [0.29, 0.717) is 17.9 Å². The molecule has 1 unspecified atom stereocenters. The van der Waals surface area contributed by atoms with Crippen molar-refractivity contribution < 1.29 is 4.42 Å². The van der Waals surface area contributed by atoms with E-state index in [-0.39, 0.29) is 0 Å². The van der Waals surface area contributed by atoms with Crippen LogP contribution in [0, 0.1) is 5.92 Å². The molecule has 0 radical (unpaired) electrons. The third-order valence-electron chi connectivity index (χ3n) is 2.89. The standard InChI is InChI=1S/C10H15ClN2O/c1-7(8-3-4-8)13(2)10-12-9(5-11)6-14-10/h6-8H,3-5H2,1-2H3. The van der Waals surface area contributed by atoms with Crippen molar-refractivity contribution in [3.05, 3.63) is 12.0 Å². The van der Waals surface area contributed by atoms with Crippen molar-refractivity contribution in [3.63, 3.8) is 0 Å². The first kappa shape index (κ1) is 9.84. The van der Waals surface area contributed by atoms with Gasteiger partial charge in [0.2, 0.25) is 0 Å². The van der Waals surface area contributed by atoms with Gasteiger partial charge in [-0.15, -0.1) is 11.6 Å². The molecule has 1 atom stereocenters. The molecule has 1 aromatic heterocycles. The summed E-state index contributed by atoms with van der Waals surface area (Å²) in [5, 5.41) is 0. The van der Waals surface area contributed by atoms with Crippen molar-refractivity contribution in [2.24, 2.45) is 5.92 Å². The predicted molar refractivity (Wildman–Crippen MR) is 56.6 cm³/mol. The molecule has 0 amide bonds. The van der Waals surface area contributed by atoms with E-state index in [9.17, 15) is 0 Å². The van der Waals surface area contributed by atoms with Gasteiger partial charge in [0.1, 0.15) is 6.26 Å². The van der Waals surface area contributed by atoms with Crippen molar-refractivity contribution >= 4 is 17.6 Å². The van der Waals surface area contributed by atoms with Crippen LogP contribution in [-0.2, 0) is 5.88 Å². The zero-order valence-corrected chi connectivity index (χ0v) is 9.29. The van der Waals surface area contributed by atoms with E-state index in [4.69, 9.17) is 16.0 Å². The van der Waals surface area contributed by atoms with Gasteiger partial charge >= 0.3 is 0 Å². The molecule has 2 rings (SSSR count). The SMILES string of the molecule is CC(C1CC1)N(C)c1nc(CCl)co1. The molecule has 0 N–H and O–H groups in total. The van der Waals surface area contributed by atoms with Crippen molar-refractivity contribution in [1.82, 2.24) is 4.98 Å². The lowest BCUT2D eigenvalue weighted by Gasteiger charge is -2.22. The quantitative estimate of drug-likeness (QED) is 0.722. The number of aromatic nitrogens is 1. The highest BCUT2D eigenvalue weighted by molar-refractivity contribution is 6.16. The van der Waals surface area contributed by atoms with E-state index < -0.39 is 0 Å². The summed E-state index contributed by atoms with van der Waals surface area (Å²) in [5.74, 6) is 1.22. The molecule has 1 heterocycles. The van der Waals surface area contributed by atoms with Crippen LogP contribution >= 0.6 is 11.6 Å². The minimum Gasteiger partial charge on any atom is -0.432 e. The van der Waals surface area contributed by atoms with Gasteiger partial charge < -0.3 is 9.32 Å². The number of halogens is 1. The lowest BCUT2D eigenvalue weighted by Crippen LogP contribution is -2.30. The Kier molecular flexibility index (Phi) is 2.68. The third-order valence-corrected chi connectivity index (χ3v) is 3.17. The summed E-state index contributed by atoms with van der Waals surface area (Å²) in [6.45, 7) is 2.21. The van der Waals surface area contributed by atoms with Gasteiger partial charge in [-0.1, -0.05) is 0 Å². The summed E-state index contributed by atoms with van der Waals surface area (Å²) in [4.78, 5) is 6.38. The predicted octanol–water partition coefficient (Wildman–Crippen LogP) is 2.65. The Morgan fingerprint density at radius 2 is 2.43 bits per heavy atom. The Labute approximate surface area is 89.1 Å². The molecule has 3 nitrogen and oxygen atoms in total. The van der Waals surface area contributed by atoms with E-state index in [1.165, 1.54) is 12.8 Å². The second kappa shape index (κ2) is 3.81. The molecular formula is C10H15ClN2O. The molecule has 0 bridgehead atoms. The summed E-state index contributed by atoms with van der Waals surface area (Å²) in [7, 11) is 2.02. The molecule has 1 aliphatic carbocycles. The zero-order chi connectivity index (χ0) is 10.1. The van der Waals surface area contributed by atoms with Crippen LogP contribution in [0.4, 0.5) is 6.01 Å². The number of rotatable bonds is 4. The Bertz CT molecular complexity index is 309. The fraction of sp³-hybridized carbons (Fsp3) is 0.700. The van der Waals surface area contributed by atoms with E-state index in [0.717, 1.165) is 11.6 Å². The maximum absolute atomic E-state index is 5.66. The maximum atomic E-state index is 5.66. The molecule has 78 valence electrons. The number of alkyl halides is 1. The molecule has 1 aromatic rings. The van der Waals surface area contributed by atoms with Gasteiger partial charge in [-0.2, -0.15) is 4.98 Å². The number of nitrogens with zero attached hydrogens (tertiary/aromatic N) is 2. The molecule has 0 saturated heterocycles. The molecule has 0 spiro atoms. The van der Waals surface area contributed by atoms with Gasteiger partial charge in [-0.3, -0.25) is 0 Å². The molecular weight excluding hydrogens is 200 g/mol. The van der Waals surface area contributed by atoms with Crippen LogP contribution in [0.15, 0.2) is 10.7 Å². The first-order chi connectivity index (χ1) is 6.72. The van der Waals surface area contributed by atoms with E-state index >= 15 is 0 Å². The fourth-order valence-electron chi connectivity index (χ4n) is 1.59. The van der Waals surface area contributed by atoms with Crippen LogP contribution < -0.4 is 4.90 Å². The van der Waals surface area contributed by atoms with Gasteiger partial charge in [0.15, 0.2) is 0 Å². The van der Waals surface area contributed by atoms with Crippen LogP contribution in [0.3, 0.4) is 0 Å². The molecule has 4 heteroatoms. The largest absolute Gasteiger partial charge is 0.432 e. The van der Waals surface area contributed by atoms with E-state index in [2.05, 4.69) is 16.8 Å². The first-order valence-electron chi connectivity index (χ1n) is 4.95. The van der Waals surface area contributed by atoms with Gasteiger partial charge in [-0.25, -0.2) is 0 Å². The van der Waals surface area contributed by atoms with Crippen LogP contribution in [0.1, 0.15) is 25.5 Å². The van der Waals surface area contributed by atoms with Crippen molar-refractivity contribution in [2.75, 3.05) is 11.9 Å². The maximum Gasteiger partial charge on any atom is 0.297 e. The highest BCUT2D eigenvalue weighted by atomic mass is 35.5. The van der Waals surface area contributed by atoms with Crippen LogP contribution in [0.5, 0.6) is 0 Å².